The van der Waals surface area contributed by atoms with E-state index in [0.29, 0.717) is 53.5 Å². The Morgan fingerprint density at radius 2 is 2.16 bits per heavy atom. The van der Waals surface area contributed by atoms with Gasteiger partial charge in [-0.3, -0.25) is 9.78 Å². The van der Waals surface area contributed by atoms with Gasteiger partial charge in [-0.2, -0.15) is 5.26 Å². The number of anilines is 3. The number of rotatable bonds is 10. The van der Waals surface area contributed by atoms with Crippen molar-refractivity contribution >= 4 is 45.5 Å². The van der Waals surface area contributed by atoms with Gasteiger partial charge in [-0.25, -0.2) is 4.39 Å². The van der Waals surface area contributed by atoms with Gasteiger partial charge in [0.15, 0.2) is 0 Å². The van der Waals surface area contributed by atoms with Gasteiger partial charge in [-0.1, -0.05) is 31.5 Å². The number of hydrogen-bond acceptors (Lipinski definition) is 7. The van der Waals surface area contributed by atoms with Gasteiger partial charge in [-0.05, 0) is 37.4 Å². The molecule has 0 spiro atoms. The van der Waals surface area contributed by atoms with Crippen LogP contribution in [0.4, 0.5) is 21.5 Å². The second kappa shape index (κ2) is 12.7. The van der Waals surface area contributed by atoms with Gasteiger partial charge in [0.05, 0.1) is 40.7 Å². The minimum atomic E-state index is -0.547. The zero-order valence-corrected chi connectivity index (χ0v) is 22.0. The highest BCUT2D eigenvalue weighted by molar-refractivity contribution is 6.31. The number of halogens is 2. The first-order valence-electron chi connectivity index (χ1n) is 12.4. The summed E-state index contributed by atoms with van der Waals surface area (Å²) in [5.41, 5.74) is 2.19. The molecule has 1 aliphatic heterocycles. The number of hydrogen-bond donors (Lipinski definition) is 2. The molecule has 1 saturated heterocycles. The van der Waals surface area contributed by atoms with E-state index in [4.69, 9.17) is 21.1 Å². The van der Waals surface area contributed by atoms with Crippen LogP contribution in [-0.2, 0) is 9.53 Å². The summed E-state index contributed by atoms with van der Waals surface area (Å²) in [5.74, 6) is -0.409. The lowest BCUT2D eigenvalue weighted by Gasteiger charge is -2.18. The molecule has 3 aromatic rings. The third-order valence-corrected chi connectivity index (χ3v) is 6.54. The van der Waals surface area contributed by atoms with Gasteiger partial charge in [0, 0.05) is 42.4 Å². The van der Waals surface area contributed by atoms with E-state index in [0.717, 1.165) is 19.5 Å². The van der Waals surface area contributed by atoms with Crippen molar-refractivity contribution in [3.05, 3.63) is 65.1 Å². The summed E-state index contributed by atoms with van der Waals surface area (Å²) in [4.78, 5) is 19.5. The molecule has 4 rings (SSSR count). The van der Waals surface area contributed by atoms with Crippen molar-refractivity contribution in [1.29, 1.82) is 5.26 Å². The predicted octanol–water partition coefficient (Wildman–Crippen LogP) is 5.65. The summed E-state index contributed by atoms with van der Waals surface area (Å²) in [7, 11) is 0. The summed E-state index contributed by atoms with van der Waals surface area (Å²) in [5, 5.41) is 16.4. The number of pyridine rings is 1. The van der Waals surface area contributed by atoms with E-state index in [1.165, 1.54) is 30.5 Å². The molecule has 10 heteroatoms. The predicted molar refractivity (Wildman–Crippen MR) is 147 cm³/mol. The molecule has 0 radical (unpaired) electrons. The second-order valence-corrected chi connectivity index (χ2v) is 9.17. The Balaban J connectivity index is 1.72. The van der Waals surface area contributed by atoms with Crippen LogP contribution in [0.1, 0.15) is 25.8 Å². The fraction of sp³-hybridized carbons (Fsp3) is 0.321. The highest BCUT2D eigenvalue weighted by atomic mass is 35.5. The van der Waals surface area contributed by atoms with E-state index < -0.39 is 5.82 Å². The maximum atomic E-state index is 13.7. The van der Waals surface area contributed by atoms with Crippen molar-refractivity contribution in [1.82, 2.24) is 9.88 Å². The Morgan fingerprint density at radius 1 is 1.34 bits per heavy atom. The topological polar surface area (TPSA) is 99.5 Å². The van der Waals surface area contributed by atoms with Crippen molar-refractivity contribution in [2.45, 2.75) is 26.4 Å². The van der Waals surface area contributed by atoms with Crippen LogP contribution in [0.15, 0.2) is 48.7 Å². The monoisotopic (exact) mass is 537 g/mol. The summed E-state index contributed by atoms with van der Waals surface area (Å²) in [6.45, 7) is 7.62. The molecule has 0 bridgehead atoms. The molecule has 1 unspecified atom stereocenters. The van der Waals surface area contributed by atoms with E-state index >= 15 is 0 Å². The quantitative estimate of drug-likeness (QED) is 0.322. The summed E-state index contributed by atoms with van der Waals surface area (Å²) in [6.07, 6.45) is 5.34. The van der Waals surface area contributed by atoms with Gasteiger partial charge in [-0.15, -0.1) is 0 Å². The lowest BCUT2D eigenvalue weighted by atomic mass is 10.1. The average molecular weight is 538 g/mol. The van der Waals surface area contributed by atoms with E-state index in [1.807, 2.05) is 6.08 Å². The number of ether oxygens (including phenoxy) is 2. The van der Waals surface area contributed by atoms with Crippen molar-refractivity contribution in [2.75, 3.05) is 43.5 Å². The number of nitrogens with zero attached hydrogens (tertiary/aromatic N) is 3. The van der Waals surface area contributed by atoms with Gasteiger partial charge in [0.2, 0.25) is 5.91 Å². The molecule has 1 atom stereocenters. The second-order valence-electron chi connectivity index (χ2n) is 8.76. The molecule has 2 aromatic carbocycles. The summed E-state index contributed by atoms with van der Waals surface area (Å²) < 4.78 is 25.3. The molecule has 0 aliphatic carbocycles. The van der Waals surface area contributed by atoms with Crippen LogP contribution in [0.25, 0.3) is 10.9 Å². The van der Waals surface area contributed by atoms with Gasteiger partial charge >= 0.3 is 0 Å². The van der Waals surface area contributed by atoms with Crippen molar-refractivity contribution < 1.29 is 18.7 Å². The minimum absolute atomic E-state index is 0.0502. The zero-order valence-electron chi connectivity index (χ0n) is 21.3. The minimum Gasteiger partial charge on any atom is -0.486 e. The molecule has 1 aromatic heterocycles. The fourth-order valence-corrected chi connectivity index (χ4v) is 4.28. The number of fused-ring (bicyclic) bond motifs is 1. The first-order valence-corrected chi connectivity index (χ1v) is 12.8. The van der Waals surface area contributed by atoms with Crippen LogP contribution in [0, 0.1) is 17.1 Å². The lowest BCUT2D eigenvalue weighted by molar-refractivity contribution is -0.111. The smallest absolute Gasteiger partial charge is 0.248 e. The standard InChI is InChI=1S/C28H29ClFN5O3/c1-3-35(4-2)10-5-6-27(36)34-25-13-21-24(14-26(25)38-20-9-11-37-17-20)32-16-18(15-31)28(21)33-19-7-8-23(30)22(29)12-19/h5-8,12-14,16,20H,3-4,9-11,17H2,1-2H3,(H,32,33)(H,34,36)/b6-5+. The average Bonchev–Trinajstić information content (AvgIpc) is 3.42. The molecule has 1 fully saturated rings. The molecule has 2 heterocycles. The molecule has 1 aliphatic rings. The maximum absolute atomic E-state index is 13.7. The van der Waals surface area contributed by atoms with Crippen LogP contribution in [0.2, 0.25) is 5.02 Å². The lowest BCUT2D eigenvalue weighted by Crippen LogP contribution is -2.23. The molecule has 0 saturated carbocycles. The number of amides is 1. The van der Waals surface area contributed by atoms with E-state index in [-0.39, 0.29) is 22.6 Å². The Morgan fingerprint density at radius 3 is 2.84 bits per heavy atom. The maximum Gasteiger partial charge on any atom is 0.248 e. The van der Waals surface area contributed by atoms with Crippen LogP contribution >= 0.6 is 11.6 Å². The molecular weight excluding hydrogens is 509 g/mol. The Kier molecular flexibility index (Phi) is 9.13. The third kappa shape index (κ3) is 6.58. The summed E-state index contributed by atoms with van der Waals surface area (Å²) in [6, 6.07) is 9.78. The largest absolute Gasteiger partial charge is 0.486 e. The van der Waals surface area contributed by atoms with Crippen molar-refractivity contribution in [3.8, 4) is 11.8 Å². The van der Waals surface area contributed by atoms with Crippen molar-refractivity contribution in [2.24, 2.45) is 0 Å². The van der Waals surface area contributed by atoms with Crippen LogP contribution in [0.3, 0.4) is 0 Å². The molecule has 38 heavy (non-hydrogen) atoms. The normalized spacial score (nSPS) is 15.2. The number of aromatic nitrogens is 1. The van der Waals surface area contributed by atoms with Gasteiger partial charge in [0.1, 0.15) is 23.7 Å². The van der Waals surface area contributed by atoms with Crippen LogP contribution in [0.5, 0.6) is 5.75 Å². The van der Waals surface area contributed by atoms with Gasteiger partial charge in [0.25, 0.3) is 0 Å². The highest BCUT2D eigenvalue weighted by Crippen LogP contribution is 2.37. The number of benzene rings is 2. The Labute approximate surface area is 226 Å². The fourth-order valence-electron chi connectivity index (χ4n) is 4.10. The summed E-state index contributed by atoms with van der Waals surface area (Å²) >= 11 is 5.96. The molecule has 1 amide bonds. The van der Waals surface area contributed by atoms with Crippen LogP contribution < -0.4 is 15.4 Å². The van der Waals surface area contributed by atoms with E-state index in [1.54, 1.807) is 12.1 Å². The molecule has 8 nitrogen and oxygen atoms in total. The number of carbonyl (C=O) groups is 1. The van der Waals surface area contributed by atoms with Crippen LogP contribution in [-0.4, -0.2) is 54.7 Å². The zero-order chi connectivity index (χ0) is 27.1. The first-order chi connectivity index (χ1) is 18.4. The third-order valence-electron chi connectivity index (χ3n) is 6.25. The number of nitriles is 1. The Bertz CT molecular complexity index is 1380. The first kappa shape index (κ1) is 27.3. The van der Waals surface area contributed by atoms with Gasteiger partial charge < -0.3 is 25.0 Å². The number of carbonyl (C=O) groups excluding carboxylic acids is 1. The molecule has 198 valence electrons. The SMILES string of the molecule is CCN(CC)C/C=C/C(=O)Nc1cc2c(Nc3ccc(F)c(Cl)c3)c(C#N)cnc2cc1OC1CCOC1. The van der Waals surface area contributed by atoms with Crippen molar-refractivity contribution in [3.63, 3.8) is 0 Å². The number of nitrogens with one attached hydrogen (secondary N) is 2. The van der Waals surface area contributed by atoms with E-state index in [2.05, 4.69) is 40.4 Å². The molecule has 2 N–H and O–H groups in total. The highest BCUT2D eigenvalue weighted by Gasteiger charge is 2.21. The Hall–Kier alpha value is -3.71. The molecular formula is C28H29ClFN5O3. The number of likely N-dealkylation sites (N-methyl/N-ethyl adjacent to an activating group) is 1. The van der Waals surface area contributed by atoms with E-state index in [9.17, 15) is 14.4 Å².